The van der Waals surface area contributed by atoms with Crippen molar-refractivity contribution in [3.63, 3.8) is 0 Å². The average Bonchev–Trinajstić information content (AvgIpc) is 3.72. The summed E-state index contributed by atoms with van der Waals surface area (Å²) in [5.41, 5.74) is 7.95. The van der Waals surface area contributed by atoms with Crippen LogP contribution in [-0.4, -0.2) is 89.5 Å². The number of likely N-dealkylation sites (tertiary alicyclic amines) is 1. The SMILES string of the molecule is NC(Cc1cnc[nH]1)C(=O)NC(Cc1cnc[nH]1)C(=O)N1CCCC1C(=O)NC(Cc1ccc(O)cc1)C(=O)O. The molecule has 1 saturated heterocycles. The highest BCUT2D eigenvalue weighted by atomic mass is 16.4. The Hall–Kier alpha value is -4.72. The summed E-state index contributed by atoms with van der Waals surface area (Å²) in [6.07, 6.45) is 7.16. The molecule has 1 aliphatic rings. The van der Waals surface area contributed by atoms with Crippen molar-refractivity contribution in [2.45, 2.75) is 56.3 Å². The number of hydrogen-bond donors (Lipinski definition) is 7. The second-order valence-electron chi connectivity index (χ2n) is 9.69. The van der Waals surface area contributed by atoms with E-state index in [1.165, 1.54) is 35.9 Å². The third kappa shape index (κ3) is 7.22. The van der Waals surface area contributed by atoms with E-state index < -0.39 is 47.9 Å². The minimum Gasteiger partial charge on any atom is -0.508 e. The van der Waals surface area contributed by atoms with Crippen molar-refractivity contribution in [1.82, 2.24) is 35.5 Å². The van der Waals surface area contributed by atoms with Crippen LogP contribution in [0.1, 0.15) is 29.8 Å². The summed E-state index contributed by atoms with van der Waals surface area (Å²) in [4.78, 5) is 66.8. The number of hydrogen-bond acceptors (Lipinski definition) is 8. The van der Waals surface area contributed by atoms with Gasteiger partial charge in [-0.3, -0.25) is 14.4 Å². The normalized spacial score (nSPS) is 17.1. The quantitative estimate of drug-likeness (QED) is 0.150. The zero-order chi connectivity index (χ0) is 28.6. The van der Waals surface area contributed by atoms with Gasteiger partial charge in [-0.1, -0.05) is 12.1 Å². The molecule has 3 amide bonds. The molecule has 212 valence electrons. The first-order chi connectivity index (χ1) is 19.2. The van der Waals surface area contributed by atoms with Crippen molar-refractivity contribution in [2.24, 2.45) is 5.73 Å². The smallest absolute Gasteiger partial charge is 0.326 e. The molecule has 0 radical (unpaired) electrons. The summed E-state index contributed by atoms with van der Waals surface area (Å²) in [5.74, 6) is -2.82. The molecule has 3 aromatic rings. The Morgan fingerprint density at radius 2 is 1.62 bits per heavy atom. The van der Waals surface area contributed by atoms with Crippen LogP contribution in [-0.2, 0) is 38.4 Å². The second kappa shape index (κ2) is 12.9. The third-order valence-corrected chi connectivity index (χ3v) is 6.75. The molecule has 0 aliphatic carbocycles. The number of nitrogens with zero attached hydrogens (tertiary/aromatic N) is 3. The highest BCUT2D eigenvalue weighted by Gasteiger charge is 2.39. The van der Waals surface area contributed by atoms with E-state index in [-0.39, 0.29) is 31.6 Å². The topological polar surface area (TPSA) is 219 Å². The lowest BCUT2D eigenvalue weighted by Gasteiger charge is -2.30. The zero-order valence-electron chi connectivity index (χ0n) is 21.6. The molecule has 8 N–H and O–H groups in total. The number of aromatic hydroxyl groups is 1. The summed E-state index contributed by atoms with van der Waals surface area (Å²) in [6.45, 7) is 0.266. The fraction of sp³-hybridized carbons (Fsp3) is 0.385. The number of aliphatic carboxylic acids is 1. The Balaban J connectivity index is 1.45. The summed E-state index contributed by atoms with van der Waals surface area (Å²) in [5, 5.41) is 24.4. The monoisotopic (exact) mass is 552 g/mol. The van der Waals surface area contributed by atoms with E-state index in [4.69, 9.17) is 5.73 Å². The van der Waals surface area contributed by atoms with E-state index in [1.807, 2.05) is 0 Å². The average molecular weight is 553 g/mol. The van der Waals surface area contributed by atoms with Gasteiger partial charge >= 0.3 is 5.97 Å². The minimum atomic E-state index is -1.24. The van der Waals surface area contributed by atoms with Crippen molar-refractivity contribution >= 4 is 23.7 Å². The number of benzene rings is 1. The number of imidazole rings is 2. The molecule has 14 nitrogen and oxygen atoms in total. The molecule has 0 bridgehead atoms. The number of phenols is 1. The van der Waals surface area contributed by atoms with Crippen LogP contribution in [0.3, 0.4) is 0 Å². The number of carboxylic acids is 1. The molecule has 0 spiro atoms. The number of carboxylic acid groups (broad SMARTS) is 1. The Labute approximate surface area is 229 Å². The predicted octanol–water partition coefficient (Wildman–Crippen LogP) is -0.761. The van der Waals surface area contributed by atoms with Crippen molar-refractivity contribution in [3.8, 4) is 5.75 Å². The summed E-state index contributed by atoms with van der Waals surface area (Å²) >= 11 is 0. The van der Waals surface area contributed by atoms with Crippen LogP contribution in [0, 0.1) is 0 Å². The predicted molar refractivity (Wildman–Crippen MR) is 141 cm³/mol. The van der Waals surface area contributed by atoms with Gasteiger partial charge in [0.15, 0.2) is 0 Å². The molecule has 1 aromatic carbocycles. The number of aromatic nitrogens is 4. The highest BCUT2D eigenvalue weighted by Crippen LogP contribution is 2.20. The molecule has 2 aromatic heterocycles. The maximum absolute atomic E-state index is 13.7. The first kappa shape index (κ1) is 28.3. The van der Waals surface area contributed by atoms with Gasteiger partial charge in [0.25, 0.3) is 0 Å². The van der Waals surface area contributed by atoms with Crippen molar-refractivity contribution in [3.05, 3.63) is 66.3 Å². The van der Waals surface area contributed by atoms with Crippen LogP contribution < -0.4 is 16.4 Å². The van der Waals surface area contributed by atoms with E-state index in [1.54, 1.807) is 18.3 Å². The number of nitrogens with two attached hydrogens (primary N) is 1. The number of carbonyl (C=O) groups is 4. The lowest BCUT2D eigenvalue weighted by molar-refractivity contribution is -0.144. The molecule has 3 heterocycles. The number of aromatic amines is 2. The molecule has 0 saturated carbocycles. The fourth-order valence-corrected chi connectivity index (χ4v) is 4.66. The molecule has 1 fully saturated rings. The van der Waals surface area contributed by atoms with Gasteiger partial charge in [-0.2, -0.15) is 0 Å². The lowest BCUT2D eigenvalue weighted by atomic mass is 10.0. The van der Waals surface area contributed by atoms with Crippen LogP contribution in [0.2, 0.25) is 0 Å². The van der Waals surface area contributed by atoms with Crippen LogP contribution in [0.4, 0.5) is 0 Å². The van der Waals surface area contributed by atoms with Gasteiger partial charge in [0.05, 0.1) is 18.7 Å². The summed E-state index contributed by atoms with van der Waals surface area (Å²) in [6, 6.07) is 1.87. The molecule has 4 atom stereocenters. The summed E-state index contributed by atoms with van der Waals surface area (Å²) < 4.78 is 0. The van der Waals surface area contributed by atoms with E-state index >= 15 is 0 Å². The Morgan fingerprint density at radius 1 is 0.975 bits per heavy atom. The largest absolute Gasteiger partial charge is 0.508 e. The van der Waals surface area contributed by atoms with Gasteiger partial charge < -0.3 is 41.4 Å². The number of amides is 3. The summed E-state index contributed by atoms with van der Waals surface area (Å²) in [7, 11) is 0. The molecule has 40 heavy (non-hydrogen) atoms. The van der Waals surface area contributed by atoms with Gasteiger partial charge in [0.2, 0.25) is 17.7 Å². The fourth-order valence-electron chi connectivity index (χ4n) is 4.66. The lowest BCUT2D eigenvalue weighted by Crippen LogP contribution is -2.57. The van der Waals surface area contributed by atoms with Gasteiger partial charge in [-0.15, -0.1) is 0 Å². The molecule has 1 aliphatic heterocycles. The van der Waals surface area contributed by atoms with Crippen LogP contribution in [0.5, 0.6) is 5.75 Å². The van der Waals surface area contributed by atoms with Crippen LogP contribution in [0.25, 0.3) is 0 Å². The Bertz CT molecular complexity index is 1300. The molecular formula is C26H32N8O6. The van der Waals surface area contributed by atoms with Gasteiger partial charge in [-0.05, 0) is 30.5 Å². The Morgan fingerprint density at radius 3 is 2.23 bits per heavy atom. The molecule has 14 heteroatoms. The number of rotatable bonds is 12. The van der Waals surface area contributed by atoms with Crippen molar-refractivity contribution in [2.75, 3.05) is 6.54 Å². The van der Waals surface area contributed by atoms with Gasteiger partial charge in [0.1, 0.15) is 23.9 Å². The first-order valence-electron chi connectivity index (χ1n) is 12.8. The second-order valence-corrected chi connectivity index (χ2v) is 9.69. The Kier molecular flexibility index (Phi) is 9.11. The van der Waals surface area contributed by atoms with E-state index in [0.717, 1.165) is 0 Å². The minimum absolute atomic E-state index is 0.00521. The van der Waals surface area contributed by atoms with Crippen molar-refractivity contribution < 1.29 is 29.4 Å². The first-order valence-corrected chi connectivity index (χ1v) is 12.8. The maximum Gasteiger partial charge on any atom is 0.326 e. The third-order valence-electron chi connectivity index (χ3n) is 6.75. The molecule has 4 rings (SSSR count). The van der Waals surface area contributed by atoms with E-state index in [0.29, 0.717) is 29.8 Å². The number of phenolic OH excluding ortho intramolecular Hbond substituents is 1. The number of H-pyrrole nitrogens is 2. The van der Waals surface area contributed by atoms with E-state index in [2.05, 4.69) is 30.6 Å². The van der Waals surface area contributed by atoms with Crippen LogP contribution >= 0.6 is 0 Å². The van der Waals surface area contributed by atoms with E-state index in [9.17, 15) is 29.4 Å². The van der Waals surface area contributed by atoms with Gasteiger partial charge in [0, 0.05) is 49.6 Å². The van der Waals surface area contributed by atoms with Crippen molar-refractivity contribution in [1.29, 1.82) is 0 Å². The highest BCUT2D eigenvalue weighted by molar-refractivity contribution is 5.94. The molecular weight excluding hydrogens is 520 g/mol. The number of nitrogens with one attached hydrogen (secondary N) is 4. The van der Waals surface area contributed by atoms with Crippen LogP contribution in [0.15, 0.2) is 49.3 Å². The zero-order valence-corrected chi connectivity index (χ0v) is 21.6. The standard InChI is InChI=1S/C26H32N8O6/c27-19(9-16-11-28-13-30-16)23(36)32-20(10-17-12-29-14-31-17)25(38)34-7-1-2-22(34)24(37)33-21(26(39)40)8-15-3-5-18(35)6-4-15/h3-6,11-14,19-22,35H,1-2,7-10,27H2,(H,28,30)(H,29,31)(H,32,36)(H,33,37)(H,39,40). The number of carbonyl (C=O) groups excluding carboxylic acids is 3. The van der Waals surface area contributed by atoms with Gasteiger partial charge in [-0.25, -0.2) is 14.8 Å². The maximum atomic E-state index is 13.7. The molecule has 4 unspecified atom stereocenters.